The maximum atomic E-state index is 10.3. The van der Waals surface area contributed by atoms with Crippen molar-refractivity contribution in [1.29, 1.82) is 0 Å². The molecule has 0 aliphatic heterocycles. The van der Waals surface area contributed by atoms with Crippen molar-refractivity contribution in [3.05, 3.63) is 16.4 Å². The summed E-state index contributed by atoms with van der Waals surface area (Å²) >= 11 is 6.17. The fourth-order valence-corrected chi connectivity index (χ4v) is 2.70. The van der Waals surface area contributed by atoms with E-state index in [1.807, 2.05) is 20.9 Å². The molecule has 0 amide bonds. The second-order valence-electron chi connectivity index (χ2n) is 4.86. The predicted octanol–water partition coefficient (Wildman–Crippen LogP) is 1.85. The first kappa shape index (κ1) is 12.9. The molecule has 1 fully saturated rings. The number of hydrogen-bond acceptors (Lipinski definition) is 3. The molecule has 1 aliphatic rings. The molecule has 2 rings (SSSR count). The number of halogens is 1. The highest BCUT2D eigenvalue weighted by Gasteiger charge is 2.44. The van der Waals surface area contributed by atoms with Crippen LogP contribution in [0.3, 0.4) is 0 Å². The number of hydrogen-bond donors (Lipinski definition) is 1. The van der Waals surface area contributed by atoms with Gasteiger partial charge in [0.05, 0.1) is 28.1 Å². The van der Waals surface area contributed by atoms with E-state index in [2.05, 4.69) is 5.10 Å². The Hall–Kier alpha value is -0.580. The molecule has 5 heteroatoms. The van der Waals surface area contributed by atoms with Crippen molar-refractivity contribution in [1.82, 2.24) is 9.78 Å². The molecular weight excluding hydrogens is 240 g/mol. The topological polar surface area (TPSA) is 47.3 Å². The highest BCUT2D eigenvalue weighted by Crippen LogP contribution is 2.38. The number of aliphatic hydroxyl groups is 1. The van der Waals surface area contributed by atoms with Crippen molar-refractivity contribution in [2.24, 2.45) is 7.05 Å². The summed E-state index contributed by atoms with van der Waals surface area (Å²) < 4.78 is 7.21. The van der Waals surface area contributed by atoms with E-state index < -0.39 is 5.60 Å². The van der Waals surface area contributed by atoms with E-state index in [1.54, 1.807) is 4.68 Å². The zero-order valence-electron chi connectivity index (χ0n) is 10.5. The highest BCUT2D eigenvalue weighted by molar-refractivity contribution is 6.31. The van der Waals surface area contributed by atoms with Crippen molar-refractivity contribution >= 4 is 11.6 Å². The molecule has 1 aromatic heterocycles. The average molecular weight is 259 g/mol. The second-order valence-corrected chi connectivity index (χ2v) is 5.23. The Bertz CT molecular complexity index is 411. The van der Waals surface area contributed by atoms with Crippen LogP contribution >= 0.6 is 11.6 Å². The largest absolute Gasteiger partial charge is 0.389 e. The van der Waals surface area contributed by atoms with Gasteiger partial charge in [0.25, 0.3) is 0 Å². The Morgan fingerprint density at radius 3 is 2.71 bits per heavy atom. The van der Waals surface area contributed by atoms with Gasteiger partial charge in [-0.2, -0.15) is 5.10 Å². The lowest BCUT2D eigenvalue weighted by Gasteiger charge is -2.43. The first-order chi connectivity index (χ1) is 7.95. The van der Waals surface area contributed by atoms with Gasteiger partial charge in [-0.15, -0.1) is 0 Å². The SMILES string of the molecule is CCOC1CC(O)(Cc2c(Cl)c(C)nn2C)C1. The van der Waals surface area contributed by atoms with Gasteiger partial charge in [0, 0.05) is 32.9 Å². The monoisotopic (exact) mass is 258 g/mol. The molecule has 1 aliphatic carbocycles. The van der Waals surface area contributed by atoms with Crippen LogP contribution in [0.2, 0.25) is 5.02 Å². The summed E-state index contributed by atoms with van der Waals surface area (Å²) in [5.41, 5.74) is 1.04. The molecule has 0 aromatic carbocycles. The van der Waals surface area contributed by atoms with Crippen molar-refractivity contribution in [3.63, 3.8) is 0 Å². The lowest BCUT2D eigenvalue weighted by molar-refractivity contribution is -0.136. The minimum atomic E-state index is -0.677. The third-order valence-electron chi connectivity index (χ3n) is 3.38. The number of aryl methyl sites for hydroxylation is 2. The Balaban J connectivity index is 2.02. The fraction of sp³-hybridized carbons (Fsp3) is 0.750. The summed E-state index contributed by atoms with van der Waals surface area (Å²) in [6.07, 6.45) is 2.10. The fourth-order valence-electron chi connectivity index (χ4n) is 2.47. The van der Waals surface area contributed by atoms with Gasteiger partial charge in [0.1, 0.15) is 0 Å². The van der Waals surface area contributed by atoms with Crippen molar-refractivity contribution in [2.75, 3.05) is 6.61 Å². The van der Waals surface area contributed by atoms with Crippen LogP contribution in [0.1, 0.15) is 31.2 Å². The van der Waals surface area contributed by atoms with E-state index in [9.17, 15) is 5.11 Å². The molecule has 1 aromatic rings. The lowest BCUT2D eigenvalue weighted by atomic mass is 9.74. The smallest absolute Gasteiger partial charge is 0.0848 e. The zero-order chi connectivity index (χ0) is 12.6. The van der Waals surface area contributed by atoms with E-state index in [1.165, 1.54) is 0 Å². The van der Waals surface area contributed by atoms with Gasteiger partial charge in [0.2, 0.25) is 0 Å². The minimum absolute atomic E-state index is 0.193. The summed E-state index contributed by atoms with van der Waals surface area (Å²) in [5, 5.41) is 15.3. The number of nitrogens with zero attached hydrogens (tertiary/aromatic N) is 2. The van der Waals surface area contributed by atoms with Gasteiger partial charge in [-0.25, -0.2) is 0 Å². The van der Waals surface area contributed by atoms with Crippen LogP contribution in [0, 0.1) is 6.92 Å². The standard InChI is InChI=1S/C12H19ClN2O2/c1-4-17-9-5-12(16,6-9)7-10-11(13)8(2)14-15(10)3/h9,16H,4-7H2,1-3H3. The van der Waals surface area contributed by atoms with Crippen molar-refractivity contribution in [2.45, 2.75) is 44.8 Å². The second kappa shape index (κ2) is 4.59. The Kier molecular flexibility index (Phi) is 3.48. The number of aromatic nitrogens is 2. The van der Waals surface area contributed by atoms with Crippen LogP contribution in [0.15, 0.2) is 0 Å². The molecule has 1 heterocycles. The summed E-state index contributed by atoms with van der Waals surface area (Å²) in [6, 6.07) is 0. The maximum absolute atomic E-state index is 10.3. The Morgan fingerprint density at radius 1 is 1.59 bits per heavy atom. The van der Waals surface area contributed by atoms with Crippen LogP contribution in [0.25, 0.3) is 0 Å². The van der Waals surface area contributed by atoms with Crippen LogP contribution in [-0.2, 0) is 18.2 Å². The van der Waals surface area contributed by atoms with Gasteiger partial charge in [0.15, 0.2) is 0 Å². The third-order valence-corrected chi connectivity index (χ3v) is 3.87. The maximum Gasteiger partial charge on any atom is 0.0848 e. The molecule has 4 nitrogen and oxygen atoms in total. The summed E-state index contributed by atoms with van der Waals surface area (Å²) in [7, 11) is 1.86. The quantitative estimate of drug-likeness (QED) is 0.897. The van der Waals surface area contributed by atoms with Crippen LogP contribution in [0.5, 0.6) is 0 Å². The van der Waals surface area contributed by atoms with Gasteiger partial charge >= 0.3 is 0 Å². The Morgan fingerprint density at radius 2 is 2.24 bits per heavy atom. The highest BCUT2D eigenvalue weighted by atomic mass is 35.5. The molecule has 1 saturated carbocycles. The van der Waals surface area contributed by atoms with Crippen LogP contribution < -0.4 is 0 Å². The molecule has 0 spiro atoms. The summed E-state index contributed by atoms with van der Waals surface area (Å²) in [5.74, 6) is 0. The number of ether oxygens (including phenoxy) is 1. The molecule has 17 heavy (non-hydrogen) atoms. The molecule has 1 N–H and O–H groups in total. The first-order valence-electron chi connectivity index (χ1n) is 5.97. The van der Waals surface area contributed by atoms with Crippen molar-refractivity contribution in [3.8, 4) is 0 Å². The zero-order valence-corrected chi connectivity index (χ0v) is 11.3. The van der Waals surface area contributed by atoms with E-state index in [-0.39, 0.29) is 6.10 Å². The number of rotatable bonds is 4. The van der Waals surface area contributed by atoms with Gasteiger partial charge in [-0.05, 0) is 13.8 Å². The predicted molar refractivity (Wildman–Crippen MR) is 66.3 cm³/mol. The van der Waals surface area contributed by atoms with E-state index in [0.29, 0.717) is 30.9 Å². The summed E-state index contributed by atoms with van der Waals surface area (Å²) in [4.78, 5) is 0. The van der Waals surface area contributed by atoms with E-state index in [0.717, 1.165) is 11.4 Å². The molecule has 0 saturated heterocycles. The van der Waals surface area contributed by atoms with Crippen molar-refractivity contribution < 1.29 is 9.84 Å². The molecular formula is C12H19ClN2O2. The Labute approximate surface area is 107 Å². The first-order valence-corrected chi connectivity index (χ1v) is 6.35. The van der Waals surface area contributed by atoms with Crippen LogP contribution in [-0.4, -0.2) is 33.2 Å². The van der Waals surface area contributed by atoms with E-state index >= 15 is 0 Å². The van der Waals surface area contributed by atoms with E-state index in [4.69, 9.17) is 16.3 Å². The molecule has 0 radical (unpaired) electrons. The normalized spacial score (nSPS) is 28.2. The summed E-state index contributed by atoms with van der Waals surface area (Å²) in [6.45, 7) is 4.55. The lowest BCUT2D eigenvalue weighted by Crippen LogP contribution is -2.50. The molecule has 0 atom stereocenters. The van der Waals surface area contributed by atoms with Gasteiger partial charge in [-0.3, -0.25) is 4.68 Å². The molecule has 96 valence electrons. The van der Waals surface area contributed by atoms with Gasteiger partial charge < -0.3 is 9.84 Å². The molecule has 0 bridgehead atoms. The van der Waals surface area contributed by atoms with Gasteiger partial charge in [-0.1, -0.05) is 11.6 Å². The third kappa shape index (κ3) is 2.49. The average Bonchev–Trinajstić information content (AvgIpc) is 2.43. The molecule has 0 unspecified atom stereocenters. The van der Waals surface area contributed by atoms with Crippen LogP contribution in [0.4, 0.5) is 0 Å². The minimum Gasteiger partial charge on any atom is -0.389 e.